The Hall–Kier alpha value is -3.02. The van der Waals surface area contributed by atoms with Crippen LogP contribution in [0.5, 0.6) is 0 Å². The summed E-state index contributed by atoms with van der Waals surface area (Å²) in [6, 6.07) is 7.34. The molecule has 37 heavy (non-hydrogen) atoms. The van der Waals surface area contributed by atoms with E-state index in [2.05, 4.69) is 13.8 Å². The van der Waals surface area contributed by atoms with Crippen LogP contribution in [0.1, 0.15) is 89.1 Å². The molecule has 11 nitrogen and oxygen atoms in total. The molecule has 0 bridgehead atoms. The summed E-state index contributed by atoms with van der Waals surface area (Å²) < 4.78 is 0. The number of aliphatic hydroxyl groups excluding tert-OH is 3. The lowest BCUT2D eigenvalue weighted by Crippen LogP contribution is -2.15. The highest BCUT2D eigenvalue weighted by Gasteiger charge is 2.08. The van der Waals surface area contributed by atoms with Crippen molar-refractivity contribution in [3.05, 3.63) is 35.4 Å². The van der Waals surface area contributed by atoms with Gasteiger partial charge in [0, 0.05) is 20.8 Å². The van der Waals surface area contributed by atoms with Crippen LogP contribution in [-0.2, 0) is 20.8 Å². The number of hydrogen-bond donors (Lipinski definition) is 7. The lowest BCUT2D eigenvalue weighted by Gasteiger charge is -2.06. The van der Waals surface area contributed by atoms with Crippen molar-refractivity contribution in [3.8, 4) is 0 Å². The number of aryl methyl sites for hydroxylation is 1. The van der Waals surface area contributed by atoms with Crippen LogP contribution in [0.3, 0.4) is 0 Å². The van der Waals surface area contributed by atoms with Crippen molar-refractivity contribution in [3.63, 3.8) is 0 Å². The van der Waals surface area contributed by atoms with Crippen molar-refractivity contribution in [2.45, 2.75) is 85.7 Å². The molecule has 0 unspecified atom stereocenters. The average molecular weight is 535 g/mol. The van der Waals surface area contributed by atoms with Gasteiger partial charge in [-0.2, -0.15) is 0 Å². The Morgan fingerprint density at radius 3 is 1.43 bits per heavy atom. The lowest BCUT2D eigenvalue weighted by atomic mass is 9.99. The highest BCUT2D eigenvalue weighted by Crippen LogP contribution is 2.15. The predicted molar refractivity (Wildman–Crippen MR) is 140 cm³/mol. The molecule has 0 aromatic heterocycles. The van der Waals surface area contributed by atoms with Crippen molar-refractivity contribution in [1.29, 1.82) is 0 Å². The fourth-order valence-electron chi connectivity index (χ4n) is 2.40. The third-order valence-corrected chi connectivity index (χ3v) is 3.90. The molecule has 1 rings (SSSR count). The monoisotopic (exact) mass is 534 g/mol. The fourth-order valence-corrected chi connectivity index (χ4v) is 2.40. The van der Waals surface area contributed by atoms with Gasteiger partial charge in [-0.3, -0.25) is 14.4 Å². The first-order valence-corrected chi connectivity index (χ1v) is 11.9. The molecule has 0 atom stereocenters. The molecule has 0 radical (unpaired) electrons. The van der Waals surface area contributed by atoms with E-state index in [9.17, 15) is 4.79 Å². The van der Waals surface area contributed by atoms with E-state index in [-0.39, 0.29) is 13.2 Å². The molecule has 11 heteroatoms. The normalized spacial score (nSPS) is 9.24. The number of unbranched alkanes of at least 4 members (excludes halogenated alkanes) is 4. The summed E-state index contributed by atoms with van der Waals surface area (Å²) >= 11 is 0. The van der Waals surface area contributed by atoms with Gasteiger partial charge in [-0.05, 0) is 30.4 Å². The van der Waals surface area contributed by atoms with Gasteiger partial charge in [-0.1, -0.05) is 64.2 Å². The van der Waals surface area contributed by atoms with Gasteiger partial charge in [0.2, 0.25) is 0 Å². The second-order valence-electron chi connectivity index (χ2n) is 8.24. The third kappa shape index (κ3) is 46.9. The predicted octanol–water partition coefficient (Wildman–Crippen LogP) is 3.53. The summed E-state index contributed by atoms with van der Waals surface area (Å²) in [5, 5.41) is 55.4. The molecule has 0 aliphatic carbocycles. The van der Waals surface area contributed by atoms with E-state index in [4.69, 9.17) is 50.1 Å². The largest absolute Gasteiger partial charge is 0.481 e. The van der Waals surface area contributed by atoms with Crippen LogP contribution in [0.4, 0.5) is 0 Å². The number of carboxylic acids is 4. The average Bonchev–Trinajstić information content (AvgIpc) is 2.77. The van der Waals surface area contributed by atoms with Crippen molar-refractivity contribution in [1.82, 2.24) is 0 Å². The zero-order valence-corrected chi connectivity index (χ0v) is 22.6. The van der Waals surface area contributed by atoms with Crippen LogP contribution >= 0.6 is 0 Å². The molecular weight excluding hydrogens is 488 g/mol. The van der Waals surface area contributed by atoms with Crippen molar-refractivity contribution < 1.29 is 54.9 Å². The molecule has 0 amide bonds. The van der Waals surface area contributed by atoms with E-state index in [0.29, 0.717) is 5.56 Å². The number of aromatic carboxylic acids is 1. The van der Waals surface area contributed by atoms with Gasteiger partial charge in [0.15, 0.2) is 0 Å². The topological polar surface area (TPSA) is 210 Å². The second-order valence-corrected chi connectivity index (χ2v) is 8.24. The molecule has 1 aromatic rings. The van der Waals surface area contributed by atoms with Crippen LogP contribution < -0.4 is 0 Å². The highest BCUT2D eigenvalue weighted by molar-refractivity contribution is 5.89. The minimum absolute atomic E-state index is 0.365. The molecule has 0 spiro atoms. The van der Waals surface area contributed by atoms with Crippen molar-refractivity contribution >= 4 is 23.9 Å². The molecule has 7 N–H and O–H groups in total. The molecule has 0 heterocycles. The summed E-state index contributed by atoms with van der Waals surface area (Å²) in [7, 11) is 0. The van der Waals surface area contributed by atoms with Crippen LogP contribution in [0.15, 0.2) is 24.3 Å². The van der Waals surface area contributed by atoms with Gasteiger partial charge >= 0.3 is 5.97 Å². The first kappa shape index (κ1) is 41.1. The number of rotatable bonds is 11. The Morgan fingerprint density at radius 1 is 0.703 bits per heavy atom. The van der Waals surface area contributed by atoms with Crippen molar-refractivity contribution in [2.24, 2.45) is 5.92 Å². The van der Waals surface area contributed by atoms with E-state index >= 15 is 0 Å². The Bertz CT molecular complexity index is 674. The minimum atomic E-state index is -0.954. The number of carbonyl (C=O) groups is 4. The smallest absolute Gasteiger partial charge is 0.335 e. The van der Waals surface area contributed by atoms with E-state index < -0.39 is 30.0 Å². The van der Waals surface area contributed by atoms with Crippen molar-refractivity contribution in [2.75, 3.05) is 13.2 Å². The zero-order valence-electron chi connectivity index (χ0n) is 22.6. The van der Waals surface area contributed by atoms with Crippen LogP contribution in [0, 0.1) is 5.92 Å². The summed E-state index contributed by atoms with van der Waals surface area (Å²) in [5.74, 6) is -2.50. The first-order chi connectivity index (χ1) is 17.1. The number of hydrogen-bond acceptors (Lipinski definition) is 7. The molecule has 216 valence electrons. The van der Waals surface area contributed by atoms with E-state index in [1.165, 1.54) is 32.1 Å². The Balaban J connectivity index is -0.000000246. The molecular formula is C26H46O11. The van der Waals surface area contributed by atoms with Crippen LogP contribution in [0.2, 0.25) is 0 Å². The van der Waals surface area contributed by atoms with Crippen LogP contribution in [-0.4, -0.2) is 78.9 Å². The van der Waals surface area contributed by atoms with Crippen LogP contribution in [0.25, 0.3) is 0 Å². The van der Waals surface area contributed by atoms with Gasteiger partial charge in [0.1, 0.15) is 6.10 Å². The quantitative estimate of drug-likeness (QED) is 0.204. The lowest BCUT2D eigenvalue weighted by molar-refractivity contribution is -0.135. The van der Waals surface area contributed by atoms with Gasteiger partial charge in [-0.25, -0.2) is 4.79 Å². The molecule has 0 aliphatic rings. The van der Waals surface area contributed by atoms with Gasteiger partial charge < -0.3 is 35.7 Å². The Labute approximate surface area is 219 Å². The fraction of sp³-hybridized carbons (Fsp3) is 0.615. The Morgan fingerprint density at radius 2 is 1.08 bits per heavy atom. The molecule has 0 saturated carbocycles. The molecule has 0 saturated heterocycles. The summed E-state index contributed by atoms with van der Waals surface area (Å²) in [6.45, 7) is 7.05. The number of carboxylic acid groups (broad SMARTS) is 4. The number of aliphatic hydroxyl groups is 3. The maximum absolute atomic E-state index is 11.1. The third-order valence-electron chi connectivity index (χ3n) is 3.90. The van der Waals surface area contributed by atoms with E-state index in [1.807, 2.05) is 12.1 Å². The van der Waals surface area contributed by atoms with E-state index in [1.54, 1.807) is 12.1 Å². The SMILES string of the molecule is CC(=O)O.CC(=O)O.CC(=O)O.CC(C)CCCCCCCc1ccccc1C(=O)O.OCC(O)CO. The molecule has 0 fully saturated rings. The summed E-state index contributed by atoms with van der Waals surface area (Å²) in [6.07, 6.45) is 7.43. The summed E-state index contributed by atoms with van der Waals surface area (Å²) in [5.41, 5.74) is 1.43. The first-order valence-electron chi connectivity index (χ1n) is 11.9. The van der Waals surface area contributed by atoms with Gasteiger partial charge in [0.05, 0.1) is 18.8 Å². The minimum Gasteiger partial charge on any atom is -0.481 e. The Kier molecular flexibility index (Phi) is 32.5. The maximum atomic E-state index is 11.1. The highest BCUT2D eigenvalue weighted by atomic mass is 16.4. The zero-order chi connectivity index (χ0) is 29.8. The standard InChI is InChI=1S/C17H26O2.C3H8O3.3C2H4O2/c1-14(2)10-6-4-3-5-7-11-15-12-8-9-13-16(15)17(18)19;4-1-3(6)2-5;3*1-2(3)4/h8-9,12-14H,3-7,10-11H2,1-2H3,(H,18,19);3-6H,1-2H2;3*1H3,(H,3,4). The number of aliphatic carboxylic acids is 3. The number of benzene rings is 1. The van der Waals surface area contributed by atoms with E-state index in [0.717, 1.165) is 45.1 Å². The molecule has 1 aromatic carbocycles. The molecule has 0 aliphatic heterocycles. The second kappa shape index (κ2) is 29.2. The summed E-state index contributed by atoms with van der Waals surface area (Å²) in [4.78, 5) is 38.1. The van der Waals surface area contributed by atoms with Gasteiger partial charge in [0.25, 0.3) is 17.9 Å². The van der Waals surface area contributed by atoms with Gasteiger partial charge in [-0.15, -0.1) is 0 Å². The maximum Gasteiger partial charge on any atom is 0.335 e.